The van der Waals surface area contributed by atoms with Crippen molar-refractivity contribution in [1.29, 1.82) is 0 Å². The number of hydrogen-bond acceptors (Lipinski definition) is 5. The van der Waals surface area contributed by atoms with Gasteiger partial charge in [0.1, 0.15) is 6.04 Å². The van der Waals surface area contributed by atoms with Crippen LogP contribution >= 0.6 is 0 Å². The summed E-state index contributed by atoms with van der Waals surface area (Å²) in [5.74, 6) is -2.87. The van der Waals surface area contributed by atoms with Gasteiger partial charge in [-0.15, -0.1) is 0 Å². The van der Waals surface area contributed by atoms with E-state index >= 15 is 0 Å². The number of cyclic esters (lactones) is 1. The molecule has 1 saturated heterocycles. The fourth-order valence-corrected chi connectivity index (χ4v) is 3.73. The summed E-state index contributed by atoms with van der Waals surface area (Å²) >= 11 is 0. The predicted octanol–water partition coefficient (Wildman–Crippen LogP) is 3.70. The van der Waals surface area contributed by atoms with Gasteiger partial charge in [0.25, 0.3) is 0 Å². The number of unbranched alkanes of at least 4 members (excludes halogenated alkanes) is 6. The van der Waals surface area contributed by atoms with Crippen molar-refractivity contribution in [2.75, 3.05) is 7.05 Å². The van der Waals surface area contributed by atoms with Crippen LogP contribution in [0.25, 0.3) is 0 Å². The fraction of sp³-hybridized carbons (Fsp3) is 0.870. The van der Waals surface area contributed by atoms with E-state index in [1.165, 1.54) is 25.7 Å². The van der Waals surface area contributed by atoms with Crippen LogP contribution in [0, 0.1) is 11.3 Å². The minimum Gasteiger partial charge on any atom is -0.432 e. The van der Waals surface area contributed by atoms with Crippen LogP contribution in [0.3, 0.4) is 0 Å². The maximum absolute atomic E-state index is 13.2. The highest BCUT2D eigenvalue weighted by molar-refractivity contribution is 5.92. The first-order valence-corrected chi connectivity index (χ1v) is 11.4. The van der Waals surface area contributed by atoms with E-state index in [4.69, 9.17) is 9.47 Å². The number of esters is 1. The average Bonchev–Trinajstić information content (AvgIpc) is 2.92. The number of rotatable bonds is 12. The Bertz CT molecular complexity index is 583. The van der Waals surface area contributed by atoms with E-state index in [-0.39, 0.29) is 11.8 Å². The van der Waals surface area contributed by atoms with Crippen molar-refractivity contribution in [3.63, 3.8) is 0 Å². The highest BCUT2D eigenvalue weighted by atomic mass is 16.8. The normalized spacial score (nSPS) is 20.4. The lowest BCUT2D eigenvalue weighted by molar-refractivity contribution is -0.162. The molecule has 0 radical (unpaired) electrons. The Kier molecular flexibility index (Phi) is 10.3. The zero-order valence-electron chi connectivity index (χ0n) is 19.9. The van der Waals surface area contributed by atoms with E-state index in [1.807, 2.05) is 20.8 Å². The molecule has 1 aliphatic rings. The van der Waals surface area contributed by atoms with Crippen molar-refractivity contribution in [2.24, 2.45) is 11.3 Å². The molecular weight excluding hydrogens is 384 g/mol. The molecule has 0 aromatic rings. The molecule has 0 unspecified atom stereocenters. The van der Waals surface area contributed by atoms with Crippen LogP contribution in [0.4, 0.5) is 0 Å². The highest BCUT2D eigenvalue weighted by Gasteiger charge is 2.48. The van der Waals surface area contributed by atoms with Gasteiger partial charge in [0.15, 0.2) is 6.10 Å². The molecule has 0 spiro atoms. The summed E-state index contributed by atoms with van der Waals surface area (Å²) in [5.41, 5.74) is -0.476. The number of ether oxygens (including phenoxy) is 2. The summed E-state index contributed by atoms with van der Waals surface area (Å²) in [6.07, 6.45) is 7.35. The second-order valence-corrected chi connectivity index (χ2v) is 9.80. The number of hydrogen-bond donors (Lipinski definition) is 2. The van der Waals surface area contributed by atoms with E-state index in [9.17, 15) is 14.4 Å². The third-order valence-corrected chi connectivity index (χ3v) is 5.47. The van der Waals surface area contributed by atoms with Gasteiger partial charge in [0.05, 0.1) is 5.92 Å². The smallest absolute Gasteiger partial charge is 0.338 e. The molecule has 2 amide bonds. The van der Waals surface area contributed by atoms with E-state index in [1.54, 1.807) is 20.9 Å². The lowest BCUT2D eigenvalue weighted by Crippen LogP contribution is -2.55. The lowest BCUT2D eigenvalue weighted by Gasteiger charge is -2.32. The second-order valence-electron chi connectivity index (χ2n) is 9.80. The molecule has 30 heavy (non-hydrogen) atoms. The number of carbonyl (C=O) groups is 3. The summed E-state index contributed by atoms with van der Waals surface area (Å²) in [6.45, 7) is 11.2. The van der Waals surface area contributed by atoms with E-state index in [0.717, 1.165) is 19.3 Å². The monoisotopic (exact) mass is 426 g/mol. The first-order chi connectivity index (χ1) is 13.9. The molecule has 0 saturated carbocycles. The van der Waals surface area contributed by atoms with E-state index in [0.29, 0.717) is 6.42 Å². The molecule has 0 aromatic heterocycles. The lowest BCUT2D eigenvalue weighted by atomic mass is 9.85. The summed E-state index contributed by atoms with van der Waals surface area (Å²) in [6, 6.07) is -0.711. The Hall–Kier alpha value is -1.63. The fourth-order valence-electron chi connectivity index (χ4n) is 3.73. The maximum atomic E-state index is 13.2. The molecule has 1 heterocycles. The SMILES string of the molecule is CCCCCCCCC[C@@H](C(=O)N[C@H](C(=O)NC)C(C)(C)C)[C@@H]1OC(C)(C)OC1=O. The van der Waals surface area contributed by atoms with Crippen molar-refractivity contribution >= 4 is 17.8 Å². The summed E-state index contributed by atoms with van der Waals surface area (Å²) in [7, 11) is 1.54. The molecule has 1 aliphatic heterocycles. The van der Waals surface area contributed by atoms with Gasteiger partial charge in [0, 0.05) is 20.9 Å². The zero-order chi connectivity index (χ0) is 22.9. The number of amides is 2. The maximum Gasteiger partial charge on any atom is 0.338 e. The van der Waals surface area contributed by atoms with Crippen molar-refractivity contribution in [3.8, 4) is 0 Å². The average molecular weight is 427 g/mol. The third-order valence-electron chi connectivity index (χ3n) is 5.47. The minimum atomic E-state index is -1.05. The van der Waals surface area contributed by atoms with Crippen molar-refractivity contribution < 1.29 is 23.9 Å². The summed E-state index contributed by atoms with van der Waals surface area (Å²) in [5, 5.41) is 5.47. The van der Waals surface area contributed by atoms with Crippen molar-refractivity contribution in [3.05, 3.63) is 0 Å². The van der Waals surface area contributed by atoms with Crippen LogP contribution in [0.5, 0.6) is 0 Å². The molecule has 7 heteroatoms. The van der Waals surface area contributed by atoms with Crippen LogP contribution < -0.4 is 10.6 Å². The highest BCUT2D eigenvalue weighted by Crippen LogP contribution is 2.31. The van der Waals surface area contributed by atoms with Gasteiger partial charge in [-0.25, -0.2) is 4.79 Å². The summed E-state index contributed by atoms with van der Waals surface area (Å²) in [4.78, 5) is 37.9. The van der Waals surface area contributed by atoms with Crippen LogP contribution in [0.1, 0.15) is 92.9 Å². The van der Waals surface area contributed by atoms with Crippen molar-refractivity contribution in [1.82, 2.24) is 10.6 Å². The number of carbonyl (C=O) groups excluding carboxylic acids is 3. The Morgan fingerprint density at radius 1 is 1.03 bits per heavy atom. The first-order valence-electron chi connectivity index (χ1n) is 11.4. The van der Waals surface area contributed by atoms with Crippen molar-refractivity contribution in [2.45, 2.75) is 111 Å². The predicted molar refractivity (Wildman–Crippen MR) is 117 cm³/mol. The standard InChI is InChI=1S/C23H42N2O5/c1-8-9-10-11-12-13-14-15-16(17-21(28)30-23(5,6)29-17)19(26)25-18(20(27)24-7)22(2,3)4/h16-18H,8-15H2,1-7H3,(H,24,27)(H,25,26)/t16-,17+,18-/m1/s1. The van der Waals surface area contributed by atoms with Crippen LogP contribution in [0.2, 0.25) is 0 Å². The second kappa shape index (κ2) is 11.7. The molecule has 1 rings (SSSR count). The van der Waals surface area contributed by atoms with Crippen LogP contribution in [0.15, 0.2) is 0 Å². The molecule has 7 nitrogen and oxygen atoms in total. The Labute approximate surface area is 182 Å². The van der Waals surface area contributed by atoms with Gasteiger partial charge in [-0.1, -0.05) is 72.6 Å². The van der Waals surface area contributed by atoms with Crippen LogP contribution in [-0.2, 0) is 23.9 Å². The zero-order valence-corrected chi connectivity index (χ0v) is 19.9. The topological polar surface area (TPSA) is 93.7 Å². The molecule has 0 aliphatic carbocycles. The van der Waals surface area contributed by atoms with Gasteiger partial charge < -0.3 is 20.1 Å². The minimum absolute atomic E-state index is 0.263. The van der Waals surface area contributed by atoms with Gasteiger partial charge in [-0.2, -0.15) is 0 Å². The Morgan fingerprint density at radius 3 is 2.07 bits per heavy atom. The number of nitrogens with one attached hydrogen (secondary N) is 2. The molecular formula is C23H42N2O5. The van der Waals surface area contributed by atoms with Gasteiger partial charge in [-0.3, -0.25) is 9.59 Å². The third kappa shape index (κ3) is 8.25. The van der Waals surface area contributed by atoms with E-state index in [2.05, 4.69) is 17.6 Å². The molecule has 0 bridgehead atoms. The van der Waals surface area contributed by atoms with Gasteiger partial charge in [-0.05, 0) is 11.8 Å². The largest absolute Gasteiger partial charge is 0.432 e. The molecule has 174 valence electrons. The van der Waals surface area contributed by atoms with Crippen LogP contribution in [-0.4, -0.2) is 42.8 Å². The Balaban J connectivity index is 2.85. The number of likely N-dealkylation sites (N-methyl/N-ethyl adjacent to an activating group) is 1. The molecule has 3 atom stereocenters. The molecule has 0 aromatic carbocycles. The molecule has 1 fully saturated rings. The molecule has 2 N–H and O–H groups in total. The summed E-state index contributed by atoms with van der Waals surface area (Å²) < 4.78 is 11.1. The van der Waals surface area contributed by atoms with E-state index < -0.39 is 35.2 Å². The van der Waals surface area contributed by atoms with Gasteiger partial charge in [0.2, 0.25) is 17.6 Å². The first kappa shape index (κ1) is 26.4. The quantitative estimate of drug-likeness (QED) is 0.367. The van der Waals surface area contributed by atoms with Gasteiger partial charge >= 0.3 is 5.97 Å². The Morgan fingerprint density at radius 2 is 1.60 bits per heavy atom.